The Hall–Kier alpha value is -2.50. The van der Waals surface area contributed by atoms with E-state index in [1.54, 1.807) is 44.2 Å². The molecule has 6 heteroatoms. The molecule has 2 aromatic rings. The summed E-state index contributed by atoms with van der Waals surface area (Å²) in [7, 11) is 0. The number of ether oxygens (including phenoxy) is 1. The van der Waals surface area contributed by atoms with Gasteiger partial charge in [-0.1, -0.05) is 50.2 Å². The highest BCUT2D eigenvalue weighted by molar-refractivity contribution is 5.77. The summed E-state index contributed by atoms with van der Waals surface area (Å²) in [5, 5.41) is 2.70. The summed E-state index contributed by atoms with van der Waals surface area (Å²) in [6, 6.07) is 14.1. The summed E-state index contributed by atoms with van der Waals surface area (Å²) in [6.07, 6.45) is -4.39. The molecule has 1 amide bonds. The van der Waals surface area contributed by atoms with Crippen molar-refractivity contribution in [3.8, 4) is 5.75 Å². The molecule has 0 heterocycles. The molecule has 0 unspecified atom stereocenters. The molecule has 1 N–H and O–H groups in total. The number of carbonyl (C=O) groups excluding carboxylic acids is 1. The molecule has 0 aliphatic rings. The molecule has 2 aromatic carbocycles. The number of hydrogen-bond acceptors (Lipinski definition) is 2. The summed E-state index contributed by atoms with van der Waals surface area (Å²) >= 11 is 0. The average Bonchev–Trinajstić information content (AvgIpc) is 2.58. The predicted molar refractivity (Wildman–Crippen MR) is 89.4 cm³/mol. The molecule has 2 rings (SSSR count). The van der Waals surface area contributed by atoms with Gasteiger partial charge in [-0.25, -0.2) is 0 Å². The maximum Gasteiger partial charge on any atom is 0.416 e. The molecule has 0 bridgehead atoms. The SMILES string of the molecule is CC(C)(CNC(=O)COc1ccccc1)c1cccc(C(F)(F)F)c1. The molecule has 0 aliphatic carbocycles. The van der Waals surface area contributed by atoms with Gasteiger partial charge in [0, 0.05) is 12.0 Å². The lowest BCUT2D eigenvalue weighted by Gasteiger charge is -2.26. The number of alkyl halides is 3. The van der Waals surface area contributed by atoms with Crippen molar-refractivity contribution >= 4 is 5.91 Å². The number of nitrogens with one attached hydrogen (secondary N) is 1. The van der Waals surface area contributed by atoms with Gasteiger partial charge in [0.25, 0.3) is 5.91 Å². The summed E-state index contributed by atoms with van der Waals surface area (Å²) in [5.41, 5.74) is -0.840. The minimum atomic E-state index is -4.39. The summed E-state index contributed by atoms with van der Waals surface area (Å²) < 4.78 is 43.9. The van der Waals surface area contributed by atoms with Crippen LogP contribution in [0.4, 0.5) is 13.2 Å². The van der Waals surface area contributed by atoms with Gasteiger partial charge in [-0.05, 0) is 23.8 Å². The second kappa shape index (κ2) is 7.59. The zero-order chi connectivity index (χ0) is 18.5. The first-order valence-corrected chi connectivity index (χ1v) is 7.81. The van der Waals surface area contributed by atoms with E-state index in [4.69, 9.17) is 4.74 Å². The van der Waals surface area contributed by atoms with E-state index in [0.29, 0.717) is 11.3 Å². The predicted octanol–water partition coefficient (Wildman–Crippen LogP) is 4.18. The minimum Gasteiger partial charge on any atom is -0.484 e. The van der Waals surface area contributed by atoms with E-state index in [2.05, 4.69) is 5.32 Å². The lowest BCUT2D eigenvalue weighted by atomic mass is 9.83. The average molecular weight is 351 g/mol. The van der Waals surface area contributed by atoms with Gasteiger partial charge in [-0.3, -0.25) is 4.79 Å². The van der Waals surface area contributed by atoms with Crippen LogP contribution in [-0.2, 0) is 16.4 Å². The molecule has 0 aromatic heterocycles. The van der Waals surface area contributed by atoms with Crippen molar-refractivity contribution in [1.82, 2.24) is 5.32 Å². The van der Waals surface area contributed by atoms with Gasteiger partial charge in [-0.15, -0.1) is 0 Å². The van der Waals surface area contributed by atoms with Crippen LogP contribution in [0.15, 0.2) is 54.6 Å². The standard InChI is InChI=1S/C19H20F3NO2/c1-18(2,14-7-6-8-15(11-14)19(20,21)22)13-23-17(24)12-25-16-9-4-3-5-10-16/h3-11H,12-13H2,1-2H3,(H,23,24). The maximum atomic E-state index is 12.8. The van der Waals surface area contributed by atoms with Crippen LogP contribution in [0.25, 0.3) is 0 Å². The summed E-state index contributed by atoms with van der Waals surface area (Å²) in [6.45, 7) is 3.61. The van der Waals surface area contributed by atoms with Crippen molar-refractivity contribution in [3.63, 3.8) is 0 Å². The molecule has 134 valence electrons. The topological polar surface area (TPSA) is 38.3 Å². The first-order valence-electron chi connectivity index (χ1n) is 7.81. The Bertz CT molecular complexity index is 712. The van der Waals surface area contributed by atoms with Gasteiger partial charge in [0.05, 0.1) is 5.56 Å². The molecular formula is C19H20F3NO2. The molecule has 0 radical (unpaired) electrons. The van der Waals surface area contributed by atoms with E-state index in [1.807, 2.05) is 6.07 Å². The lowest BCUT2D eigenvalue weighted by molar-refractivity contribution is -0.137. The van der Waals surface area contributed by atoms with Gasteiger partial charge in [0.2, 0.25) is 0 Å². The van der Waals surface area contributed by atoms with E-state index >= 15 is 0 Å². The Morgan fingerprint density at radius 2 is 1.64 bits per heavy atom. The Labute approximate surface area is 144 Å². The van der Waals surface area contributed by atoms with Crippen LogP contribution in [0.2, 0.25) is 0 Å². The number of rotatable bonds is 6. The van der Waals surface area contributed by atoms with Gasteiger partial charge >= 0.3 is 6.18 Å². The highest BCUT2D eigenvalue weighted by atomic mass is 19.4. The largest absolute Gasteiger partial charge is 0.484 e. The molecule has 0 saturated carbocycles. The number of halogens is 3. The van der Waals surface area contributed by atoms with Crippen LogP contribution < -0.4 is 10.1 Å². The number of para-hydroxylation sites is 1. The zero-order valence-electron chi connectivity index (χ0n) is 14.1. The van der Waals surface area contributed by atoms with Crippen LogP contribution in [0, 0.1) is 0 Å². The third kappa shape index (κ3) is 5.52. The monoisotopic (exact) mass is 351 g/mol. The minimum absolute atomic E-state index is 0.150. The number of carbonyl (C=O) groups is 1. The van der Waals surface area contributed by atoms with Gasteiger partial charge in [-0.2, -0.15) is 13.2 Å². The Morgan fingerprint density at radius 1 is 1.00 bits per heavy atom. The zero-order valence-corrected chi connectivity index (χ0v) is 14.1. The smallest absolute Gasteiger partial charge is 0.416 e. The van der Waals surface area contributed by atoms with Crippen LogP contribution >= 0.6 is 0 Å². The summed E-state index contributed by atoms with van der Waals surface area (Å²) in [5.74, 6) is 0.249. The van der Waals surface area contributed by atoms with E-state index in [1.165, 1.54) is 6.07 Å². The second-order valence-electron chi connectivity index (χ2n) is 6.34. The van der Waals surface area contributed by atoms with Crippen molar-refractivity contribution in [2.45, 2.75) is 25.4 Å². The van der Waals surface area contributed by atoms with Crippen molar-refractivity contribution < 1.29 is 22.7 Å². The van der Waals surface area contributed by atoms with Gasteiger partial charge in [0.15, 0.2) is 6.61 Å². The lowest BCUT2D eigenvalue weighted by Crippen LogP contribution is -2.39. The van der Waals surface area contributed by atoms with Crippen LogP contribution in [-0.4, -0.2) is 19.1 Å². The highest BCUT2D eigenvalue weighted by Gasteiger charge is 2.32. The second-order valence-corrected chi connectivity index (χ2v) is 6.34. The normalized spacial score (nSPS) is 11.9. The van der Waals surface area contributed by atoms with E-state index in [-0.39, 0.29) is 19.1 Å². The first kappa shape index (κ1) is 18.8. The maximum absolute atomic E-state index is 12.8. The third-order valence-electron chi connectivity index (χ3n) is 3.81. The van der Waals surface area contributed by atoms with Crippen molar-refractivity contribution in [2.75, 3.05) is 13.2 Å². The molecule has 0 aliphatic heterocycles. The fourth-order valence-electron chi connectivity index (χ4n) is 2.25. The Kier molecular flexibility index (Phi) is 5.72. The Morgan fingerprint density at radius 3 is 2.28 bits per heavy atom. The number of amides is 1. The van der Waals surface area contributed by atoms with Crippen molar-refractivity contribution in [3.05, 3.63) is 65.7 Å². The third-order valence-corrected chi connectivity index (χ3v) is 3.81. The molecule has 0 atom stereocenters. The molecule has 25 heavy (non-hydrogen) atoms. The van der Waals surface area contributed by atoms with Crippen LogP contribution in [0.5, 0.6) is 5.75 Å². The van der Waals surface area contributed by atoms with E-state index < -0.39 is 17.2 Å². The van der Waals surface area contributed by atoms with Crippen molar-refractivity contribution in [2.24, 2.45) is 0 Å². The van der Waals surface area contributed by atoms with Crippen LogP contribution in [0.3, 0.4) is 0 Å². The molecule has 3 nitrogen and oxygen atoms in total. The first-order chi connectivity index (χ1) is 11.7. The van der Waals surface area contributed by atoms with E-state index in [0.717, 1.165) is 12.1 Å². The summed E-state index contributed by atoms with van der Waals surface area (Å²) in [4.78, 5) is 11.9. The van der Waals surface area contributed by atoms with E-state index in [9.17, 15) is 18.0 Å². The highest BCUT2D eigenvalue weighted by Crippen LogP contribution is 2.32. The molecule has 0 spiro atoms. The molecule has 0 saturated heterocycles. The fraction of sp³-hybridized carbons (Fsp3) is 0.316. The number of benzene rings is 2. The van der Waals surface area contributed by atoms with Crippen LogP contribution in [0.1, 0.15) is 25.0 Å². The quantitative estimate of drug-likeness (QED) is 0.848. The van der Waals surface area contributed by atoms with Gasteiger partial charge < -0.3 is 10.1 Å². The molecular weight excluding hydrogens is 331 g/mol. The fourth-order valence-corrected chi connectivity index (χ4v) is 2.25. The Balaban J connectivity index is 1.93. The van der Waals surface area contributed by atoms with Gasteiger partial charge in [0.1, 0.15) is 5.75 Å². The molecule has 0 fully saturated rings. The van der Waals surface area contributed by atoms with Crippen molar-refractivity contribution in [1.29, 1.82) is 0 Å². The number of hydrogen-bond donors (Lipinski definition) is 1.